The van der Waals surface area contributed by atoms with E-state index in [4.69, 9.17) is 5.26 Å². The summed E-state index contributed by atoms with van der Waals surface area (Å²) in [6, 6.07) is 5.29. The first kappa shape index (κ1) is 14.5. The lowest BCUT2D eigenvalue weighted by Gasteiger charge is -2.24. The van der Waals surface area contributed by atoms with Crippen LogP contribution in [-0.4, -0.2) is 41.3 Å². The Morgan fingerprint density at radius 2 is 2.18 bits per heavy atom. The highest BCUT2D eigenvalue weighted by atomic mass is 16.2. The largest absolute Gasteiger partial charge is 0.356 e. The SMILES string of the molecule is CN(C(=O)c1ccc(C#N)nc1)[C@H]1C[C@H]2CC(=O)NC[C@H]2C1. The van der Waals surface area contributed by atoms with Crippen molar-refractivity contribution in [2.24, 2.45) is 11.8 Å². The molecule has 3 atom stereocenters. The Morgan fingerprint density at radius 3 is 2.86 bits per heavy atom. The average molecular weight is 298 g/mol. The van der Waals surface area contributed by atoms with Crippen molar-refractivity contribution in [2.75, 3.05) is 13.6 Å². The molecule has 1 aliphatic carbocycles. The quantitative estimate of drug-likeness (QED) is 0.880. The highest BCUT2D eigenvalue weighted by molar-refractivity contribution is 5.94. The number of amides is 2. The lowest BCUT2D eigenvalue weighted by Crippen LogP contribution is -2.38. The van der Waals surface area contributed by atoms with Gasteiger partial charge in [-0.15, -0.1) is 0 Å². The zero-order valence-electron chi connectivity index (χ0n) is 12.5. The molecule has 2 heterocycles. The van der Waals surface area contributed by atoms with Crippen molar-refractivity contribution in [2.45, 2.75) is 25.3 Å². The summed E-state index contributed by atoms with van der Waals surface area (Å²) >= 11 is 0. The maximum atomic E-state index is 12.5. The van der Waals surface area contributed by atoms with Gasteiger partial charge in [-0.25, -0.2) is 4.98 Å². The van der Waals surface area contributed by atoms with Crippen molar-refractivity contribution in [3.63, 3.8) is 0 Å². The molecule has 0 aromatic carbocycles. The molecule has 3 rings (SSSR count). The van der Waals surface area contributed by atoms with Gasteiger partial charge < -0.3 is 10.2 Å². The van der Waals surface area contributed by atoms with Gasteiger partial charge >= 0.3 is 0 Å². The number of carbonyl (C=O) groups is 2. The first-order chi connectivity index (χ1) is 10.6. The molecule has 1 aromatic rings. The number of nitrogens with one attached hydrogen (secondary N) is 1. The highest BCUT2D eigenvalue weighted by Crippen LogP contribution is 2.38. The molecule has 0 unspecified atom stereocenters. The first-order valence-corrected chi connectivity index (χ1v) is 7.48. The van der Waals surface area contributed by atoms with Gasteiger partial charge in [0.25, 0.3) is 5.91 Å². The number of nitriles is 1. The van der Waals surface area contributed by atoms with Crippen LogP contribution in [0.5, 0.6) is 0 Å². The lowest BCUT2D eigenvalue weighted by atomic mass is 9.89. The second-order valence-corrected chi connectivity index (χ2v) is 6.11. The molecule has 114 valence electrons. The van der Waals surface area contributed by atoms with Crippen LogP contribution >= 0.6 is 0 Å². The van der Waals surface area contributed by atoms with Gasteiger partial charge in [-0.2, -0.15) is 5.26 Å². The monoisotopic (exact) mass is 298 g/mol. The molecule has 1 saturated carbocycles. The second kappa shape index (κ2) is 5.76. The van der Waals surface area contributed by atoms with Gasteiger partial charge in [0, 0.05) is 32.3 Å². The number of pyridine rings is 1. The predicted octanol–water partition coefficient (Wildman–Crippen LogP) is 0.940. The molecule has 2 amide bonds. The Bertz CT molecular complexity index is 635. The Hall–Kier alpha value is -2.42. The Balaban J connectivity index is 1.68. The predicted molar refractivity (Wildman–Crippen MR) is 78.7 cm³/mol. The summed E-state index contributed by atoms with van der Waals surface area (Å²) in [5, 5.41) is 11.7. The molecule has 2 aliphatic rings. The third-order valence-electron chi connectivity index (χ3n) is 4.82. The Kier molecular flexibility index (Phi) is 3.80. The summed E-state index contributed by atoms with van der Waals surface area (Å²) in [6.07, 6.45) is 3.83. The maximum absolute atomic E-state index is 12.5. The molecule has 6 nitrogen and oxygen atoms in total. The topological polar surface area (TPSA) is 86.1 Å². The Labute approximate surface area is 129 Å². The third-order valence-corrected chi connectivity index (χ3v) is 4.82. The fourth-order valence-electron chi connectivity index (χ4n) is 3.51. The third kappa shape index (κ3) is 2.67. The summed E-state index contributed by atoms with van der Waals surface area (Å²) in [7, 11) is 1.80. The molecule has 1 saturated heterocycles. The van der Waals surface area contributed by atoms with E-state index in [-0.39, 0.29) is 17.9 Å². The first-order valence-electron chi connectivity index (χ1n) is 7.48. The van der Waals surface area contributed by atoms with Crippen LogP contribution in [0.4, 0.5) is 0 Å². The van der Waals surface area contributed by atoms with E-state index in [1.165, 1.54) is 6.20 Å². The molecule has 0 bridgehead atoms. The normalized spacial score (nSPS) is 26.7. The molecule has 6 heteroatoms. The van der Waals surface area contributed by atoms with Crippen molar-refractivity contribution >= 4 is 11.8 Å². The number of nitrogens with zero attached hydrogens (tertiary/aromatic N) is 3. The average Bonchev–Trinajstić information content (AvgIpc) is 2.96. The molecule has 0 spiro atoms. The minimum Gasteiger partial charge on any atom is -0.356 e. The van der Waals surface area contributed by atoms with Gasteiger partial charge in [0.2, 0.25) is 5.91 Å². The van der Waals surface area contributed by atoms with Crippen molar-refractivity contribution in [1.82, 2.24) is 15.2 Å². The fraction of sp³-hybridized carbons (Fsp3) is 0.500. The summed E-state index contributed by atoms with van der Waals surface area (Å²) in [4.78, 5) is 29.7. The molecule has 1 aromatic heterocycles. The van der Waals surface area contributed by atoms with E-state index in [2.05, 4.69) is 10.3 Å². The molecule has 2 fully saturated rings. The smallest absolute Gasteiger partial charge is 0.255 e. The number of piperidine rings is 1. The van der Waals surface area contributed by atoms with E-state index < -0.39 is 0 Å². The standard InChI is InChI=1S/C16H18N4O2/c1-20(16(22)10-2-3-13(7-17)18-8-10)14-4-11-6-15(21)19-9-12(11)5-14/h2-3,8,11-12,14H,4-6,9H2,1H3,(H,19,21)/t11-,12+,14-/m0/s1. The number of aromatic nitrogens is 1. The van der Waals surface area contributed by atoms with Crippen LogP contribution in [0.2, 0.25) is 0 Å². The number of fused-ring (bicyclic) bond motifs is 1. The molecule has 0 radical (unpaired) electrons. The maximum Gasteiger partial charge on any atom is 0.255 e. The van der Waals surface area contributed by atoms with Crippen molar-refractivity contribution < 1.29 is 9.59 Å². The van der Waals surface area contributed by atoms with Crippen LogP contribution in [0.25, 0.3) is 0 Å². The fourth-order valence-corrected chi connectivity index (χ4v) is 3.51. The van der Waals surface area contributed by atoms with E-state index in [1.54, 1.807) is 24.1 Å². The molecule has 1 N–H and O–H groups in total. The van der Waals surface area contributed by atoms with E-state index >= 15 is 0 Å². The van der Waals surface area contributed by atoms with Crippen LogP contribution in [-0.2, 0) is 4.79 Å². The van der Waals surface area contributed by atoms with Crippen molar-refractivity contribution in [3.05, 3.63) is 29.6 Å². The Morgan fingerprint density at radius 1 is 1.41 bits per heavy atom. The number of hydrogen-bond acceptors (Lipinski definition) is 4. The molecule has 1 aliphatic heterocycles. The van der Waals surface area contributed by atoms with E-state index in [0.29, 0.717) is 29.5 Å². The van der Waals surface area contributed by atoms with Crippen LogP contribution < -0.4 is 5.32 Å². The van der Waals surface area contributed by atoms with Gasteiger partial charge in [-0.05, 0) is 36.8 Å². The number of rotatable bonds is 2. The van der Waals surface area contributed by atoms with E-state index in [1.807, 2.05) is 6.07 Å². The number of carbonyl (C=O) groups excluding carboxylic acids is 2. The van der Waals surface area contributed by atoms with Crippen molar-refractivity contribution in [3.8, 4) is 6.07 Å². The second-order valence-electron chi connectivity index (χ2n) is 6.11. The lowest BCUT2D eigenvalue weighted by molar-refractivity contribution is -0.124. The summed E-state index contributed by atoms with van der Waals surface area (Å²) in [5.41, 5.74) is 0.793. The van der Waals surface area contributed by atoms with Gasteiger partial charge in [0.15, 0.2) is 0 Å². The zero-order chi connectivity index (χ0) is 15.7. The molecular weight excluding hydrogens is 280 g/mol. The van der Waals surface area contributed by atoms with Crippen LogP contribution in [0.15, 0.2) is 18.3 Å². The van der Waals surface area contributed by atoms with Crippen LogP contribution in [0, 0.1) is 23.2 Å². The number of hydrogen-bond donors (Lipinski definition) is 1. The summed E-state index contributed by atoms with van der Waals surface area (Å²) < 4.78 is 0. The molecule has 22 heavy (non-hydrogen) atoms. The summed E-state index contributed by atoms with van der Waals surface area (Å²) in [6.45, 7) is 0.723. The van der Waals surface area contributed by atoms with Gasteiger partial charge in [-0.1, -0.05) is 0 Å². The van der Waals surface area contributed by atoms with Gasteiger partial charge in [-0.3, -0.25) is 9.59 Å². The van der Waals surface area contributed by atoms with Crippen LogP contribution in [0.1, 0.15) is 35.3 Å². The minimum absolute atomic E-state index is 0.0834. The highest BCUT2D eigenvalue weighted by Gasteiger charge is 2.40. The van der Waals surface area contributed by atoms with Gasteiger partial charge in [0.05, 0.1) is 5.56 Å². The molecular formula is C16H18N4O2. The zero-order valence-corrected chi connectivity index (χ0v) is 12.5. The van der Waals surface area contributed by atoms with Crippen molar-refractivity contribution in [1.29, 1.82) is 5.26 Å². The van der Waals surface area contributed by atoms with Crippen LogP contribution in [0.3, 0.4) is 0 Å². The minimum atomic E-state index is -0.0834. The van der Waals surface area contributed by atoms with Gasteiger partial charge in [0.1, 0.15) is 11.8 Å². The van der Waals surface area contributed by atoms with E-state index in [9.17, 15) is 9.59 Å². The van der Waals surface area contributed by atoms with E-state index in [0.717, 1.165) is 19.4 Å². The summed E-state index contributed by atoms with van der Waals surface area (Å²) in [5.74, 6) is 0.886.